The Balaban J connectivity index is 2.18. The summed E-state index contributed by atoms with van der Waals surface area (Å²) in [4.78, 5) is 27.9. The molecule has 0 N–H and O–H groups in total. The van der Waals surface area contributed by atoms with E-state index in [9.17, 15) is 31.2 Å². The molecule has 3 amide bonds. The third-order valence-electron chi connectivity index (χ3n) is 5.19. The van der Waals surface area contributed by atoms with E-state index in [4.69, 9.17) is 5.26 Å². The fraction of sp³-hybridized carbons (Fsp3) is 0.350. The van der Waals surface area contributed by atoms with Crippen molar-refractivity contribution < 1.29 is 31.2 Å². The number of imide groups is 1. The number of hydrogen-bond acceptors (Lipinski definition) is 5. The van der Waals surface area contributed by atoms with Gasteiger partial charge in [0.25, 0.3) is 5.91 Å². The molecule has 0 saturated carbocycles. The van der Waals surface area contributed by atoms with Gasteiger partial charge in [-0.05, 0) is 43.5 Å². The quantitative estimate of drug-likeness (QED) is 0.651. The predicted octanol–water partition coefficient (Wildman–Crippen LogP) is 3.38. The highest BCUT2D eigenvalue weighted by Gasteiger charge is 2.57. The number of benzene rings is 1. The molecule has 1 aliphatic carbocycles. The molecule has 1 fully saturated rings. The van der Waals surface area contributed by atoms with Crippen molar-refractivity contribution in [2.24, 2.45) is 0 Å². The minimum Gasteiger partial charge on any atom is -0.291 e. The number of carbonyl (C=O) groups is 2. The molecule has 164 valence electrons. The first-order valence-corrected chi connectivity index (χ1v) is 11.2. The van der Waals surface area contributed by atoms with Gasteiger partial charge in [0, 0.05) is 6.26 Å². The number of alkyl halides is 3. The zero-order chi connectivity index (χ0) is 23.2. The summed E-state index contributed by atoms with van der Waals surface area (Å²) in [5.41, 5.74) is -3.70. The third kappa shape index (κ3) is 3.95. The molecule has 7 nitrogen and oxygen atoms in total. The Kier molecular flexibility index (Phi) is 5.48. The Morgan fingerprint density at radius 1 is 1.23 bits per heavy atom. The lowest BCUT2D eigenvalue weighted by Gasteiger charge is -2.33. The fourth-order valence-electron chi connectivity index (χ4n) is 3.64. The van der Waals surface area contributed by atoms with E-state index in [1.807, 2.05) is 0 Å². The van der Waals surface area contributed by atoms with Gasteiger partial charge in [0.2, 0.25) is 0 Å². The maximum atomic E-state index is 13.4. The number of sulfone groups is 1. The van der Waals surface area contributed by atoms with Crippen molar-refractivity contribution >= 4 is 27.5 Å². The van der Waals surface area contributed by atoms with Crippen LogP contribution in [0.1, 0.15) is 30.9 Å². The first kappa shape index (κ1) is 22.6. The highest BCUT2D eigenvalue weighted by Crippen LogP contribution is 2.41. The summed E-state index contributed by atoms with van der Waals surface area (Å²) in [5.74, 6) is -1.67. The second-order valence-corrected chi connectivity index (χ2v) is 9.57. The van der Waals surface area contributed by atoms with Crippen LogP contribution < -0.4 is 4.90 Å². The fourth-order valence-corrected chi connectivity index (χ4v) is 4.47. The maximum absolute atomic E-state index is 13.4. The molecule has 1 unspecified atom stereocenters. The normalized spacial score (nSPS) is 22.0. The van der Waals surface area contributed by atoms with Crippen LogP contribution in [-0.4, -0.2) is 42.9 Å². The summed E-state index contributed by atoms with van der Waals surface area (Å²) in [7, 11) is -3.77. The van der Waals surface area contributed by atoms with Gasteiger partial charge in [0.15, 0.2) is 9.84 Å². The van der Waals surface area contributed by atoms with Crippen LogP contribution in [-0.2, 0) is 20.8 Å². The Bertz CT molecular complexity index is 1170. The van der Waals surface area contributed by atoms with Gasteiger partial charge in [-0.25, -0.2) is 18.1 Å². The smallest absolute Gasteiger partial charge is 0.291 e. The minimum absolute atomic E-state index is 0.382. The SMILES string of the molecule is CC1(C2=CCCC=C2)C(=O)N(c2ccc(C#N)c(C(F)(F)F)c2)C(=O)N1CS(C)(=O)=O. The van der Waals surface area contributed by atoms with Crippen molar-refractivity contribution in [1.82, 2.24) is 4.90 Å². The molecule has 31 heavy (non-hydrogen) atoms. The van der Waals surface area contributed by atoms with Crippen LogP contribution >= 0.6 is 0 Å². The number of amides is 3. The van der Waals surface area contributed by atoms with E-state index in [1.54, 1.807) is 18.2 Å². The van der Waals surface area contributed by atoms with Gasteiger partial charge in [-0.2, -0.15) is 18.4 Å². The van der Waals surface area contributed by atoms with Crippen LogP contribution in [0.25, 0.3) is 0 Å². The van der Waals surface area contributed by atoms with E-state index >= 15 is 0 Å². The number of urea groups is 1. The molecule has 1 aromatic rings. The average Bonchev–Trinajstić information content (AvgIpc) is 2.88. The maximum Gasteiger partial charge on any atom is 0.417 e. The number of halogens is 3. The topological polar surface area (TPSA) is 98.5 Å². The molecule has 11 heteroatoms. The molecule has 0 aromatic heterocycles. The second kappa shape index (κ2) is 7.53. The van der Waals surface area contributed by atoms with Crippen molar-refractivity contribution in [2.45, 2.75) is 31.5 Å². The average molecular weight is 453 g/mol. The summed E-state index contributed by atoms with van der Waals surface area (Å²) in [5, 5.41) is 8.98. The molecule has 0 bridgehead atoms. The predicted molar refractivity (Wildman–Crippen MR) is 105 cm³/mol. The van der Waals surface area contributed by atoms with Crippen LogP contribution in [0, 0.1) is 11.3 Å². The van der Waals surface area contributed by atoms with Crippen molar-refractivity contribution in [1.29, 1.82) is 5.26 Å². The van der Waals surface area contributed by atoms with Crippen LogP contribution in [0.5, 0.6) is 0 Å². The molecule has 0 spiro atoms. The zero-order valence-corrected chi connectivity index (χ0v) is 17.4. The van der Waals surface area contributed by atoms with Crippen LogP contribution in [0.15, 0.2) is 42.0 Å². The zero-order valence-electron chi connectivity index (χ0n) is 16.6. The molecular weight excluding hydrogens is 435 g/mol. The number of nitrogens with zero attached hydrogens (tertiary/aromatic N) is 3. The van der Waals surface area contributed by atoms with E-state index in [0.29, 0.717) is 29.4 Å². The van der Waals surface area contributed by atoms with Gasteiger partial charge in [0.05, 0.1) is 22.9 Å². The highest BCUT2D eigenvalue weighted by atomic mass is 32.2. The van der Waals surface area contributed by atoms with E-state index in [0.717, 1.165) is 23.3 Å². The van der Waals surface area contributed by atoms with Crippen molar-refractivity contribution in [3.8, 4) is 6.07 Å². The number of allylic oxidation sites excluding steroid dienone is 2. The van der Waals surface area contributed by atoms with Crippen molar-refractivity contribution in [2.75, 3.05) is 17.0 Å². The van der Waals surface area contributed by atoms with E-state index < -0.39 is 56.2 Å². The largest absolute Gasteiger partial charge is 0.417 e. The minimum atomic E-state index is -4.89. The first-order valence-electron chi connectivity index (χ1n) is 9.13. The summed E-state index contributed by atoms with van der Waals surface area (Å²) in [6.07, 6.45) is 2.33. The molecule has 1 saturated heterocycles. The number of carbonyl (C=O) groups excluding carboxylic acids is 2. The lowest BCUT2D eigenvalue weighted by atomic mass is 9.86. The Hall–Kier alpha value is -3.13. The van der Waals surface area contributed by atoms with Gasteiger partial charge in [0.1, 0.15) is 11.4 Å². The molecule has 3 rings (SSSR count). The van der Waals surface area contributed by atoms with Crippen LogP contribution in [0.2, 0.25) is 0 Å². The lowest BCUT2D eigenvalue weighted by Crippen LogP contribution is -2.50. The summed E-state index contributed by atoms with van der Waals surface area (Å²) < 4.78 is 64.1. The number of anilines is 1. The van der Waals surface area contributed by atoms with Gasteiger partial charge in [-0.1, -0.05) is 18.2 Å². The van der Waals surface area contributed by atoms with E-state index in [-0.39, 0.29) is 0 Å². The second-order valence-electron chi connectivity index (χ2n) is 7.46. The molecule has 1 atom stereocenters. The van der Waals surface area contributed by atoms with Crippen LogP contribution in [0.3, 0.4) is 0 Å². The summed E-state index contributed by atoms with van der Waals surface area (Å²) >= 11 is 0. The van der Waals surface area contributed by atoms with Crippen LogP contribution in [0.4, 0.5) is 23.7 Å². The molecule has 0 radical (unpaired) electrons. The van der Waals surface area contributed by atoms with E-state index in [1.165, 1.54) is 13.0 Å². The van der Waals surface area contributed by atoms with Crippen molar-refractivity contribution in [3.63, 3.8) is 0 Å². The van der Waals surface area contributed by atoms with E-state index in [2.05, 4.69) is 0 Å². The summed E-state index contributed by atoms with van der Waals surface area (Å²) in [6.45, 7) is 1.37. The molecule has 2 aliphatic rings. The monoisotopic (exact) mass is 453 g/mol. The Labute approximate surface area is 177 Å². The summed E-state index contributed by atoms with van der Waals surface area (Å²) in [6, 6.07) is 2.84. The lowest BCUT2D eigenvalue weighted by molar-refractivity contribution is -0.137. The third-order valence-corrected chi connectivity index (χ3v) is 5.92. The Morgan fingerprint density at radius 2 is 1.90 bits per heavy atom. The standard InChI is InChI=1S/C20H18F3N3O4S/c1-19(14-6-4-3-5-7-14)17(27)26(18(28)25(19)12-31(2,29)30)15-9-8-13(11-24)16(10-15)20(21,22)23/h4,6-10H,3,5,12H2,1-2H3. The molecular formula is C20H18F3N3O4S. The van der Waals surface area contributed by atoms with Crippen molar-refractivity contribution in [3.05, 3.63) is 53.1 Å². The Morgan fingerprint density at radius 3 is 2.42 bits per heavy atom. The van der Waals surface area contributed by atoms with Gasteiger partial charge in [-0.3, -0.25) is 9.69 Å². The molecule has 1 heterocycles. The molecule has 1 aliphatic heterocycles. The first-order chi connectivity index (χ1) is 14.3. The van der Waals surface area contributed by atoms with Gasteiger partial charge in [-0.15, -0.1) is 0 Å². The number of hydrogen-bond donors (Lipinski definition) is 0. The number of rotatable bonds is 4. The highest BCUT2D eigenvalue weighted by molar-refractivity contribution is 7.90. The molecule has 1 aromatic carbocycles. The van der Waals surface area contributed by atoms with Gasteiger partial charge < -0.3 is 0 Å². The van der Waals surface area contributed by atoms with Gasteiger partial charge >= 0.3 is 12.2 Å². The number of nitriles is 1.